The summed E-state index contributed by atoms with van der Waals surface area (Å²) in [5.74, 6) is 0.885. The maximum Gasteiger partial charge on any atom is 0.248 e. The van der Waals surface area contributed by atoms with E-state index in [4.69, 9.17) is 9.47 Å². The van der Waals surface area contributed by atoms with Crippen LogP contribution in [0.25, 0.3) is 0 Å². The first kappa shape index (κ1) is 15.9. The Hall–Kier alpha value is -3.02. The van der Waals surface area contributed by atoms with E-state index in [0.29, 0.717) is 22.6 Å². The molecule has 2 N–H and O–H groups in total. The molecule has 24 heavy (non-hydrogen) atoms. The molecule has 124 valence electrons. The number of rotatable bonds is 4. The van der Waals surface area contributed by atoms with Crippen molar-refractivity contribution in [2.24, 2.45) is 0 Å². The summed E-state index contributed by atoms with van der Waals surface area (Å²) in [6.45, 7) is 0. The van der Waals surface area contributed by atoms with Crippen molar-refractivity contribution in [2.75, 3.05) is 14.2 Å². The van der Waals surface area contributed by atoms with Crippen molar-refractivity contribution in [1.29, 1.82) is 0 Å². The Morgan fingerprint density at radius 3 is 1.29 bits per heavy atom. The van der Waals surface area contributed by atoms with Gasteiger partial charge in [0, 0.05) is 0 Å². The fourth-order valence-corrected chi connectivity index (χ4v) is 2.64. The van der Waals surface area contributed by atoms with E-state index >= 15 is 0 Å². The van der Waals surface area contributed by atoms with E-state index in [1.54, 1.807) is 62.8 Å². The van der Waals surface area contributed by atoms with Crippen LogP contribution in [0.5, 0.6) is 11.5 Å². The van der Waals surface area contributed by atoms with Gasteiger partial charge in [0.2, 0.25) is 11.8 Å². The molecule has 1 heterocycles. The number of hydrogen-bond donors (Lipinski definition) is 2. The Balaban J connectivity index is 1.78. The molecule has 3 rings (SSSR count). The van der Waals surface area contributed by atoms with Gasteiger partial charge in [-0.1, -0.05) is 24.3 Å². The highest BCUT2D eigenvalue weighted by Gasteiger charge is 2.35. The van der Waals surface area contributed by atoms with Crippen LogP contribution in [0.1, 0.15) is 23.2 Å². The van der Waals surface area contributed by atoms with Crippen molar-refractivity contribution >= 4 is 11.8 Å². The molecule has 0 saturated carbocycles. The third kappa shape index (κ3) is 3.03. The van der Waals surface area contributed by atoms with Gasteiger partial charge in [0.05, 0.1) is 14.2 Å². The third-order valence-corrected chi connectivity index (χ3v) is 4.00. The molecular formula is C18H18N2O4. The lowest BCUT2D eigenvalue weighted by molar-refractivity contribution is -0.137. The molecule has 0 bridgehead atoms. The van der Waals surface area contributed by atoms with Gasteiger partial charge in [-0.05, 0) is 35.4 Å². The quantitative estimate of drug-likeness (QED) is 0.897. The van der Waals surface area contributed by atoms with Crippen molar-refractivity contribution < 1.29 is 19.1 Å². The largest absolute Gasteiger partial charge is 0.497 e. The molecule has 1 aliphatic rings. The van der Waals surface area contributed by atoms with Crippen LogP contribution in [0.3, 0.4) is 0 Å². The van der Waals surface area contributed by atoms with E-state index in [2.05, 4.69) is 10.6 Å². The van der Waals surface area contributed by atoms with Crippen LogP contribution in [0.15, 0.2) is 48.5 Å². The number of benzene rings is 2. The molecule has 0 aliphatic carbocycles. The lowest BCUT2D eigenvalue weighted by Crippen LogP contribution is -2.52. The summed E-state index contributed by atoms with van der Waals surface area (Å²) in [4.78, 5) is 24.8. The Morgan fingerprint density at radius 2 is 1.00 bits per heavy atom. The van der Waals surface area contributed by atoms with Crippen molar-refractivity contribution in [3.8, 4) is 11.5 Å². The van der Waals surface area contributed by atoms with Gasteiger partial charge in [0.25, 0.3) is 0 Å². The van der Waals surface area contributed by atoms with Gasteiger partial charge >= 0.3 is 0 Å². The number of carbonyl (C=O) groups is 2. The van der Waals surface area contributed by atoms with Crippen LogP contribution in [-0.2, 0) is 9.59 Å². The molecule has 2 aromatic carbocycles. The Labute approximate surface area is 139 Å². The van der Waals surface area contributed by atoms with Crippen LogP contribution < -0.4 is 20.1 Å². The molecule has 1 aliphatic heterocycles. The Morgan fingerprint density at radius 1 is 0.667 bits per heavy atom. The predicted molar refractivity (Wildman–Crippen MR) is 87.8 cm³/mol. The highest BCUT2D eigenvalue weighted by molar-refractivity contribution is 5.98. The van der Waals surface area contributed by atoms with Crippen LogP contribution in [0, 0.1) is 0 Å². The van der Waals surface area contributed by atoms with Crippen molar-refractivity contribution in [1.82, 2.24) is 10.6 Å². The summed E-state index contributed by atoms with van der Waals surface area (Å²) in [6.07, 6.45) is 0. The number of ether oxygens (including phenoxy) is 2. The molecule has 0 spiro atoms. The second kappa shape index (κ2) is 6.62. The molecular weight excluding hydrogens is 308 g/mol. The van der Waals surface area contributed by atoms with E-state index in [1.807, 2.05) is 0 Å². The monoisotopic (exact) mass is 326 g/mol. The fourth-order valence-electron chi connectivity index (χ4n) is 2.64. The molecule has 1 fully saturated rings. The van der Waals surface area contributed by atoms with E-state index in [1.165, 1.54) is 0 Å². The minimum absolute atomic E-state index is 0.249. The molecule has 6 nitrogen and oxygen atoms in total. The maximum atomic E-state index is 12.4. The summed E-state index contributed by atoms with van der Waals surface area (Å²) < 4.78 is 10.2. The normalized spacial score (nSPS) is 20.1. The van der Waals surface area contributed by atoms with Crippen LogP contribution in [0.2, 0.25) is 0 Å². The van der Waals surface area contributed by atoms with Crippen molar-refractivity contribution in [2.45, 2.75) is 12.1 Å². The zero-order chi connectivity index (χ0) is 17.1. The predicted octanol–water partition coefficient (Wildman–Crippen LogP) is 1.73. The number of piperazine rings is 1. The highest BCUT2D eigenvalue weighted by Crippen LogP contribution is 2.25. The van der Waals surface area contributed by atoms with Gasteiger partial charge in [-0.15, -0.1) is 0 Å². The second-order valence-electron chi connectivity index (χ2n) is 5.43. The minimum atomic E-state index is -0.710. The summed E-state index contributed by atoms with van der Waals surface area (Å²) >= 11 is 0. The van der Waals surface area contributed by atoms with E-state index in [9.17, 15) is 9.59 Å². The van der Waals surface area contributed by atoms with E-state index in [-0.39, 0.29) is 11.8 Å². The molecule has 6 heteroatoms. The molecule has 2 amide bonds. The number of nitrogens with one attached hydrogen (secondary N) is 2. The molecule has 0 aromatic heterocycles. The zero-order valence-corrected chi connectivity index (χ0v) is 13.4. The first-order valence-electron chi connectivity index (χ1n) is 7.51. The Bertz CT molecular complexity index is 675. The van der Waals surface area contributed by atoms with E-state index < -0.39 is 12.1 Å². The standard InChI is InChI=1S/C18H18N2O4/c1-23-13-7-3-11(4-8-13)15-17(21)20-16(18(22)19-15)12-5-9-14(24-2)10-6-12/h3-10,15-16H,1-2H3,(H,19,22)(H,20,21)/t15-,16+. The van der Waals surface area contributed by atoms with E-state index in [0.717, 1.165) is 0 Å². The SMILES string of the molecule is COc1ccc([C@@H]2NC(=O)[C@@H](c3ccc(OC)cc3)NC2=O)cc1. The van der Waals surface area contributed by atoms with Crippen molar-refractivity contribution in [3.05, 3.63) is 59.7 Å². The van der Waals surface area contributed by atoms with Crippen LogP contribution in [-0.4, -0.2) is 26.0 Å². The minimum Gasteiger partial charge on any atom is -0.497 e. The summed E-state index contributed by atoms with van der Waals surface area (Å²) in [5.41, 5.74) is 1.41. The van der Waals surface area contributed by atoms with Gasteiger partial charge in [-0.3, -0.25) is 9.59 Å². The summed E-state index contributed by atoms with van der Waals surface area (Å²) in [7, 11) is 3.15. The average molecular weight is 326 g/mol. The molecule has 2 aromatic rings. The highest BCUT2D eigenvalue weighted by atomic mass is 16.5. The molecule has 0 radical (unpaired) electrons. The summed E-state index contributed by atoms with van der Waals surface area (Å²) in [5, 5.41) is 5.55. The lowest BCUT2D eigenvalue weighted by atomic mass is 9.98. The van der Waals surface area contributed by atoms with Gasteiger partial charge < -0.3 is 20.1 Å². The zero-order valence-electron chi connectivity index (χ0n) is 13.4. The smallest absolute Gasteiger partial charge is 0.248 e. The van der Waals surface area contributed by atoms with Gasteiger partial charge in [0.1, 0.15) is 23.6 Å². The molecule has 0 unspecified atom stereocenters. The fraction of sp³-hybridized carbons (Fsp3) is 0.222. The first-order valence-corrected chi connectivity index (χ1v) is 7.51. The Kier molecular flexibility index (Phi) is 4.37. The average Bonchev–Trinajstić information content (AvgIpc) is 2.63. The van der Waals surface area contributed by atoms with Crippen molar-refractivity contribution in [3.63, 3.8) is 0 Å². The topological polar surface area (TPSA) is 76.7 Å². The summed E-state index contributed by atoms with van der Waals surface area (Å²) in [6, 6.07) is 12.6. The number of carbonyl (C=O) groups excluding carboxylic acids is 2. The number of amides is 2. The van der Waals surface area contributed by atoms with Gasteiger partial charge in [-0.25, -0.2) is 0 Å². The second-order valence-corrected chi connectivity index (χ2v) is 5.43. The number of hydrogen-bond acceptors (Lipinski definition) is 4. The third-order valence-electron chi connectivity index (χ3n) is 4.00. The molecule has 2 atom stereocenters. The van der Waals surface area contributed by atoms with Gasteiger partial charge in [-0.2, -0.15) is 0 Å². The number of methoxy groups -OCH3 is 2. The van der Waals surface area contributed by atoms with Gasteiger partial charge in [0.15, 0.2) is 0 Å². The first-order chi connectivity index (χ1) is 11.6. The van der Waals surface area contributed by atoms with Crippen LogP contribution in [0.4, 0.5) is 0 Å². The molecule has 1 saturated heterocycles. The maximum absolute atomic E-state index is 12.4. The van der Waals surface area contributed by atoms with Crippen LogP contribution >= 0.6 is 0 Å². The lowest BCUT2D eigenvalue weighted by Gasteiger charge is -2.30.